The van der Waals surface area contributed by atoms with Gasteiger partial charge in [0.15, 0.2) is 0 Å². The first kappa shape index (κ1) is 9.61. The van der Waals surface area contributed by atoms with Gasteiger partial charge in [0, 0.05) is 16.4 Å². The van der Waals surface area contributed by atoms with Gasteiger partial charge in [-0.1, -0.05) is 39.7 Å². The highest BCUT2D eigenvalue weighted by Gasteiger charge is 2.21. The maximum atomic E-state index is 5.88. The van der Waals surface area contributed by atoms with Crippen LogP contribution in [0.25, 0.3) is 10.8 Å². The summed E-state index contributed by atoms with van der Waals surface area (Å²) in [5, 5.41) is 3.00. The molecule has 15 heavy (non-hydrogen) atoms. The number of hydrogen-bond donors (Lipinski definition) is 0. The third kappa shape index (κ3) is 1.47. The Hall–Kier alpha value is -0.600. The molecule has 76 valence electrons. The number of hydrogen-bond acceptors (Lipinski definition) is 1. The molecular formula is C12H9BrClN. The normalized spacial score (nSPS) is 19.5. The average molecular weight is 283 g/mol. The molecular weight excluding hydrogens is 273 g/mol. The monoisotopic (exact) mass is 281 g/mol. The molecule has 1 atom stereocenters. The van der Waals surface area contributed by atoms with E-state index in [4.69, 9.17) is 11.6 Å². The lowest BCUT2D eigenvalue weighted by atomic mass is 10.0. The van der Waals surface area contributed by atoms with Gasteiger partial charge in [-0.15, -0.1) is 0 Å². The molecule has 1 heterocycles. The zero-order valence-corrected chi connectivity index (χ0v) is 10.3. The molecule has 0 saturated heterocycles. The fraction of sp³-hybridized carbons (Fsp3) is 0.250. The van der Waals surface area contributed by atoms with Crippen LogP contribution in [-0.2, 0) is 6.42 Å². The number of aryl methyl sites for hydroxylation is 1. The molecule has 0 saturated carbocycles. The number of aromatic nitrogens is 1. The topological polar surface area (TPSA) is 12.9 Å². The van der Waals surface area contributed by atoms with Crippen molar-refractivity contribution in [2.75, 3.05) is 0 Å². The molecule has 0 N–H and O–H groups in total. The van der Waals surface area contributed by atoms with Crippen LogP contribution in [0.1, 0.15) is 22.4 Å². The summed E-state index contributed by atoms with van der Waals surface area (Å²) in [4.78, 5) is 4.67. The predicted molar refractivity (Wildman–Crippen MR) is 66.7 cm³/mol. The molecule has 1 aliphatic carbocycles. The van der Waals surface area contributed by atoms with Crippen molar-refractivity contribution in [1.82, 2.24) is 4.98 Å². The number of halogens is 2. The molecule has 3 rings (SSSR count). The Balaban J connectivity index is 2.35. The van der Waals surface area contributed by atoms with Gasteiger partial charge in [-0.3, -0.25) is 0 Å². The SMILES string of the molecule is Clc1cc2ccc3c(c2cn1)CCC3Br. The third-order valence-electron chi connectivity index (χ3n) is 3.00. The highest BCUT2D eigenvalue weighted by molar-refractivity contribution is 9.09. The van der Waals surface area contributed by atoms with E-state index in [1.165, 1.54) is 28.3 Å². The molecule has 0 amide bonds. The van der Waals surface area contributed by atoms with Crippen LogP contribution in [0.15, 0.2) is 24.4 Å². The average Bonchev–Trinajstić information content (AvgIpc) is 2.60. The number of rotatable bonds is 0. The van der Waals surface area contributed by atoms with Gasteiger partial charge in [0.1, 0.15) is 5.15 Å². The summed E-state index contributed by atoms with van der Waals surface area (Å²) < 4.78 is 0. The van der Waals surface area contributed by atoms with Crippen molar-refractivity contribution in [3.63, 3.8) is 0 Å². The summed E-state index contributed by atoms with van der Waals surface area (Å²) in [6.45, 7) is 0. The second-order valence-corrected chi connectivity index (χ2v) is 5.36. The summed E-state index contributed by atoms with van der Waals surface area (Å²) >= 11 is 9.57. The van der Waals surface area contributed by atoms with Crippen molar-refractivity contribution in [2.24, 2.45) is 0 Å². The number of nitrogens with zero attached hydrogens (tertiary/aromatic N) is 1. The number of alkyl halides is 1. The van der Waals surface area contributed by atoms with Crippen molar-refractivity contribution < 1.29 is 0 Å². The number of benzene rings is 1. The second kappa shape index (κ2) is 3.46. The Morgan fingerprint density at radius 3 is 3.13 bits per heavy atom. The van der Waals surface area contributed by atoms with E-state index in [0.717, 1.165) is 6.42 Å². The lowest BCUT2D eigenvalue weighted by molar-refractivity contribution is 0.905. The smallest absolute Gasteiger partial charge is 0.129 e. The van der Waals surface area contributed by atoms with Crippen LogP contribution >= 0.6 is 27.5 Å². The van der Waals surface area contributed by atoms with Crippen molar-refractivity contribution in [3.8, 4) is 0 Å². The van der Waals surface area contributed by atoms with Gasteiger partial charge < -0.3 is 0 Å². The summed E-state index contributed by atoms with van der Waals surface area (Å²) in [6, 6.07) is 6.25. The summed E-state index contributed by atoms with van der Waals surface area (Å²) in [5.74, 6) is 0. The Labute approximate surface area is 102 Å². The Morgan fingerprint density at radius 1 is 1.40 bits per heavy atom. The first-order chi connectivity index (χ1) is 7.25. The van der Waals surface area contributed by atoms with Crippen LogP contribution in [-0.4, -0.2) is 4.98 Å². The largest absolute Gasteiger partial charge is 0.244 e. The van der Waals surface area contributed by atoms with E-state index in [0.29, 0.717) is 9.98 Å². The van der Waals surface area contributed by atoms with Crippen molar-refractivity contribution >= 4 is 38.3 Å². The lowest BCUT2D eigenvalue weighted by Gasteiger charge is -2.06. The van der Waals surface area contributed by atoms with E-state index in [-0.39, 0.29) is 0 Å². The van der Waals surface area contributed by atoms with Gasteiger partial charge in [-0.25, -0.2) is 4.98 Å². The molecule has 0 bridgehead atoms. The fourth-order valence-corrected chi connectivity index (χ4v) is 3.09. The van der Waals surface area contributed by atoms with Crippen molar-refractivity contribution in [3.05, 3.63) is 40.7 Å². The Bertz CT molecular complexity index is 538. The van der Waals surface area contributed by atoms with E-state index in [1.807, 2.05) is 12.3 Å². The third-order valence-corrected chi connectivity index (χ3v) is 4.16. The molecule has 0 aliphatic heterocycles. The van der Waals surface area contributed by atoms with E-state index in [1.54, 1.807) is 0 Å². The van der Waals surface area contributed by atoms with E-state index in [2.05, 4.69) is 33.0 Å². The molecule has 1 nitrogen and oxygen atoms in total. The Kier molecular flexibility index (Phi) is 2.22. The van der Waals surface area contributed by atoms with Crippen molar-refractivity contribution in [2.45, 2.75) is 17.7 Å². The van der Waals surface area contributed by atoms with Crippen LogP contribution in [0.3, 0.4) is 0 Å². The van der Waals surface area contributed by atoms with Gasteiger partial charge in [0.2, 0.25) is 0 Å². The minimum Gasteiger partial charge on any atom is -0.244 e. The first-order valence-electron chi connectivity index (χ1n) is 4.97. The number of pyridine rings is 1. The van der Waals surface area contributed by atoms with Crippen LogP contribution in [0.4, 0.5) is 0 Å². The molecule has 0 spiro atoms. The molecule has 3 heteroatoms. The van der Waals surface area contributed by atoms with Gasteiger partial charge in [-0.05, 0) is 35.4 Å². The minimum absolute atomic E-state index is 0.507. The summed E-state index contributed by atoms with van der Waals surface area (Å²) in [5.41, 5.74) is 2.84. The van der Waals surface area contributed by atoms with Crippen molar-refractivity contribution in [1.29, 1.82) is 0 Å². The quantitative estimate of drug-likeness (QED) is 0.519. The zero-order chi connectivity index (χ0) is 10.4. The molecule has 1 aromatic carbocycles. The summed E-state index contributed by atoms with van der Waals surface area (Å²) in [6.07, 6.45) is 4.20. The number of fused-ring (bicyclic) bond motifs is 3. The van der Waals surface area contributed by atoms with E-state index >= 15 is 0 Å². The predicted octanol–water partition coefficient (Wildman–Crippen LogP) is 4.27. The summed E-state index contributed by atoms with van der Waals surface area (Å²) in [7, 11) is 0. The van der Waals surface area contributed by atoms with Gasteiger partial charge in [-0.2, -0.15) is 0 Å². The second-order valence-electron chi connectivity index (χ2n) is 3.87. The minimum atomic E-state index is 0.507. The van der Waals surface area contributed by atoms with Crippen LogP contribution in [0, 0.1) is 0 Å². The standard InChI is InChI=1S/C12H9BrClN/c13-11-4-3-8-9(11)2-1-7-5-12(14)15-6-10(7)8/h1-2,5-6,11H,3-4H2. The fourth-order valence-electron chi connectivity index (χ4n) is 2.27. The maximum Gasteiger partial charge on any atom is 0.129 e. The van der Waals surface area contributed by atoms with Crippen LogP contribution < -0.4 is 0 Å². The van der Waals surface area contributed by atoms with Gasteiger partial charge in [0.25, 0.3) is 0 Å². The highest BCUT2D eigenvalue weighted by Crippen LogP contribution is 2.40. The molecule has 1 aromatic heterocycles. The molecule has 0 radical (unpaired) electrons. The molecule has 2 aromatic rings. The Morgan fingerprint density at radius 2 is 2.27 bits per heavy atom. The van der Waals surface area contributed by atoms with E-state index in [9.17, 15) is 0 Å². The molecule has 0 fully saturated rings. The van der Waals surface area contributed by atoms with Gasteiger partial charge >= 0.3 is 0 Å². The first-order valence-corrected chi connectivity index (χ1v) is 6.26. The molecule has 1 unspecified atom stereocenters. The van der Waals surface area contributed by atoms with Crippen LogP contribution in [0.2, 0.25) is 5.15 Å². The molecule has 1 aliphatic rings. The van der Waals surface area contributed by atoms with E-state index < -0.39 is 0 Å². The highest BCUT2D eigenvalue weighted by atomic mass is 79.9. The zero-order valence-electron chi connectivity index (χ0n) is 8.00. The van der Waals surface area contributed by atoms with Gasteiger partial charge in [0.05, 0.1) is 0 Å². The maximum absolute atomic E-state index is 5.88. The lowest BCUT2D eigenvalue weighted by Crippen LogP contribution is -1.87. The van der Waals surface area contributed by atoms with Crippen LogP contribution in [0.5, 0.6) is 0 Å².